The topological polar surface area (TPSA) is 163 Å². The average Bonchev–Trinajstić information content (AvgIpc) is 3.03. The molecule has 0 aromatic heterocycles. The number of rotatable bonds is 10. The van der Waals surface area contributed by atoms with Crippen LogP contribution >= 0.6 is 0 Å². The van der Waals surface area contributed by atoms with Gasteiger partial charge in [-0.15, -0.1) is 0 Å². The fraction of sp³-hybridized carbons (Fsp3) is 0.212. The summed E-state index contributed by atoms with van der Waals surface area (Å²) >= 11 is 0. The van der Waals surface area contributed by atoms with Crippen molar-refractivity contribution in [3.63, 3.8) is 0 Å². The van der Waals surface area contributed by atoms with Crippen LogP contribution in [-0.2, 0) is 4.74 Å². The van der Waals surface area contributed by atoms with Gasteiger partial charge in [-0.1, -0.05) is 48.5 Å². The molecule has 5 N–H and O–H groups in total. The van der Waals surface area contributed by atoms with E-state index in [0.717, 1.165) is 22.3 Å². The molecule has 0 amide bonds. The van der Waals surface area contributed by atoms with Gasteiger partial charge in [0.05, 0.1) is 17.7 Å². The van der Waals surface area contributed by atoms with Gasteiger partial charge in [-0.2, -0.15) is 0 Å². The van der Waals surface area contributed by atoms with Crippen LogP contribution < -0.4 is 9.47 Å². The Morgan fingerprint density at radius 1 is 0.674 bits per heavy atom. The Hall–Kier alpha value is -4.74. The van der Waals surface area contributed by atoms with Gasteiger partial charge in [0.1, 0.15) is 48.6 Å². The number of carboxylic acids is 2. The molecule has 222 valence electrons. The molecule has 1 aliphatic rings. The maximum absolute atomic E-state index is 11.0. The molecule has 1 saturated heterocycles. The summed E-state index contributed by atoms with van der Waals surface area (Å²) in [6.07, 6.45) is -3.89. The third-order valence-corrected chi connectivity index (χ3v) is 7.34. The number of ether oxygens (including phenoxy) is 3. The summed E-state index contributed by atoms with van der Waals surface area (Å²) in [5, 5.41) is 50.5. The van der Waals surface area contributed by atoms with Crippen LogP contribution in [0.1, 0.15) is 20.7 Å². The van der Waals surface area contributed by atoms with Crippen molar-refractivity contribution in [1.29, 1.82) is 0 Å². The molecule has 5 rings (SSSR count). The van der Waals surface area contributed by atoms with E-state index in [1.165, 1.54) is 24.3 Å². The number of hydrogen-bond donors (Lipinski definition) is 5. The van der Waals surface area contributed by atoms with Gasteiger partial charge in [0.2, 0.25) is 0 Å². The zero-order valence-corrected chi connectivity index (χ0v) is 22.9. The fourth-order valence-electron chi connectivity index (χ4n) is 4.71. The Labute approximate surface area is 247 Å². The van der Waals surface area contributed by atoms with Gasteiger partial charge in [0.25, 0.3) is 0 Å². The number of carbonyl (C=O) groups is 2. The third kappa shape index (κ3) is 6.85. The number of aliphatic hydroxyl groups is 3. The van der Waals surface area contributed by atoms with Gasteiger partial charge < -0.3 is 39.7 Å². The first-order chi connectivity index (χ1) is 20.6. The maximum Gasteiger partial charge on any atom is 0.335 e. The SMILES string of the molecule is O=C(O)c1ccc(-c2ccc(OC[C@H]3OC[C@@](O)(COc4ccc(-c5ccc(C(=O)O)cc5)cc4)[C@@H](O)[C@@H]3O)cc2)cc1. The van der Waals surface area contributed by atoms with Gasteiger partial charge in [0.15, 0.2) is 0 Å². The fourth-order valence-corrected chi connectivity index (χ4v) is 4.71. The summed E-state index contributed by atoms with van der Waals surface area (Å²) in [4.78, 5) is 22.1. The summed E-state index contributed by atoms with van der Waals surface area (Å²) in [6, 6.07) is 27.0. The van der Waals surface area contributed by atoms with Crippen molar-refractivity contribution in [1.82, 2.24) is 0 Å². The van der Waals surface area contributed by atoms with Crippen molar-refractivity contribution in [2.24, 2.45) is 0 Å². The predicted molar refractivity (Wildman–Crippen MR) is 155 cm³/mol. The highest BCUT2D eigenvalue weighted by atomic mass is 16.6. The summed E-state index contributed by atoms with van der Waals surface area (Å²) in [7, 11) is 0. The number of aliphatic hydroxyl groups excluding tert-OH is 2. The first-order valence-corrected chi connectivity index (χ1v) is 13.5. The van der Waals surface area contributed by atoms with E-state index >= 15 is 0 Å². The van der Waals surface area contributed by atoms with E-state index in [1.807, 2.05) is 12.1 Å². The average molecular weight is 587 g/mol. The van der Waals surface area contributed by atoms with Crippen LogP contribution in [0.5, 0.6) is 11.5 Å². The van der Waals surface area contributed by atoms with Gasteiger partial charge in [-0.25, -0.2) is 9.59 Å². The number of benzene rings is 4. The second kappa shape index (κ2) is 12.6. The molecule has 4 aromatic rings. The van der Waals surface area contributed by atoms with E-state index in [4.69, 9.17) is 24.4 Å². The molecule has 0 aliphatic carbocycles. The normalized spacial score (nSPS) is 21.6. The monoisotopic (exact) mass is 586 g/mol. The molecular weight excluding hydrogens is 556 g/mol. The van der Waals surface area contributed by atoms with Crippen LogP contribution in [0.2, 0.25) is 0 Å². The van der Waals surface area contributed by atoms with E-state index in [0.29, 0.717) is 11.5 Å². The Bertz CT molecular complexity index is 1550. The second-order valence-corrected chi connectivity index (χ2v) is 10.3. The van der Waals surface area contributed by atoms with Crippen LogP contribution in [0.3, 0.4) is 0 Å². The Morgan fingerprint density at radius 2 is 1.07 bits per heavy atom. The van der Waals surface area contributed by atoms with Gasteiger partial charge in [-0.05, 0) is 70.8 Å². The summed E-state index contributed by atoms with van der Waals surface area (Å²) in [5.74, 6) is -1.07. The maximum atomic E-state index is 11.0. The van der Waals surface area contributed by atoms with Gasteiger partial charge in [0, 0.05) is 0 Å². The summed E-state index contributed by atoms with van der Waals surface area (Å²) in [5.41, 5.74) is 1.90. The second-order valence-electron chi connectivity index (χ2n) is 10.3. The number of carboxylic acid groups (broad SMARTS) is 2. The van der Waals surface area contributed by atoms with Crippen molar-refractivity contribution in [2.75, 3.05) is 19.8 Å². The summed E-state index contributed by atoms with van der Waals surface area (Å²) < 4.78 is 17.1. The molecule has 10 heteroatoms. The van der Waals surface area contributed by atoms with E-state index in [9.17, 15) is 24.9 Å². The van der Waals surface area contributed by atoms with E-state index < -0.39 is 35.9 Å². The van der Waals surface area contributed by atoms with Crippen molar-refractivity contribution in [3.8, 4) is 33.8 Å². The van der Waals surface area contributed by atoms with Gasteiger partial charge >= 0.3 is 11.9 Å². The minimum absolute atomic E-state index is 0.0727. The first-order valence-electron chi connectivity index (χ1n) is 13.5. The lowest BCUT2D eigenvalue weighted by Crippen LogP contribution is -2.64. The molecule has 1 fully saturated rings. The zero-order chi connectivity index (χ0) is 30.6. The molecule has 0 spiro atoms. The zero-order valence-electron chi connectivity index (χ0n) is 22.9. The van der Waals surface area contributed by atoms with Crippen molar-refractivity contribution in [3.05, 3.63) is 108 Å². The lowest BCUT2D eigenvalue weighted by molar-refractivity contribution is -0.245. The van der Waals surface area contributed by atoms with E-state index in [2.05, 4.69) is 0 Å². The van der Waals surface area contributed by atoms with Crippen molar-refractivity contribution >= 4 is 11.9 Å². The van der Waals surface area contributed by atoms with Crippen LogP contribution in [0.4, 0.5) is 0 Å². The molecule has 1 aliphatic heterocycles. The minimum atomic E-state index is -1.86. The first kappa shape index (κ1) is 29.7. The highest BCUT2D eigenvalue weighted by Gasteiger charge is 2.49. The smallest absolute Gasteiger partial charge is 0.335 e. The van der Waals surface area contributed by atoms with Crippen molar-refractivity contribution in [2.45, 2.75) is 23.9 Å². The molecule has 0 radical (unpaired) electrons. The summed E-state index contributed by atoms with van der Waals surface area (Å²) in [6.45, 7) is -0.699. The van der Waals surface area contributed by atoms with Crippen LogP contribution in [0.25, 0.3) is 22.3 Å². The Balaban J connectivity index is 1.12. The molecule has 1 heterocycles. The van der Waals surface area contributed by atoms with Crippen LogP contribution in [0.15, 0.2) is 97.1 Å². The molecule has 0 saturated carbocycles. The largest absolute Gasteiger partial charge is 0.491 e. The molecule has 10 nitrogen and oxygen atoms in total. The van der Waals surface area contributed by atoms with Crippen LogP contribution in [-0.4, -0.2) is 81.2 Å². The number of aromatic carboxylic acids is 2. The molecular formula is C33H30O10. The highest BCUT2D eigenvalue weighted by molar-refractivity contribution is 5.89. The molecule has 4 aromatic carbocycles. The standard InChI is InChI=1S/C33H30O10/c34-29-28(17-41-26-13-9-22(10-14-26)20-1-5-24(6-2-20)31(36)37)43-19-33(40,30(29)35)18-42-27-15-11-23(12-16-27)21-3-7-25(8-4-21)32(38)39/h1-16,28-30,34-35,40H,17-19H2,(H,36,37)(H,38,39)/t28-,29-,30+,33+/m1/s1. The molecule has 4 atom stereocenters. The lowest BCUT2D eigenvalue weighted by atomic mass is 9.89. The van der Waals surface area contributed by atoms with Crippen molar-refractivity contribution < 1.29 is 49.3 Å². The Morgan fingerprint density at radius 3 is 1.49 bits per heavy atom. The van der Waals surface area contributed by atoms with E-state index in [1.54, 1.807) is 60.7 Å². The lowest BCUT2D eigenvalue weighted by Gasteiger charge is -2.42. The third-order valence-electron chi connectivity index (χ3n) is 7.34. The van der Waals surface area contributed by atoms with E-state index in [-0.39, 0.29) is 30.9 Å². The van der Waals surface area contributed by atoms with Gasteiger partial charge in [-0.3, -0.25) is 0 Å². The highest BCUT2D eigenvalue weighted by Crippen LogP contribution is 2.29. The molecule has 0 unspecified atom stereocenters. The molecule has 0 bridgehead atoms. The molecule has 43 heavy (non-hydrogen) atoms. The quantitative estimate of drug-likeness (QED) is 0.185. The predicted octanol–water partition coefficient (Wildman–Crippen LogP) is 3.73. The Kier molecular flexibility index (Phi) is 8.74. The van der Waals surface area contributed by atoms with Crippen LogP contribution in [0, 0.1) is 0 Å². The minimum Gasteiger partial charge on any atom is -0.491 e. The number of hydrogen-bond acceptors (Lipinski definition) is 8.